The van der Waals surface area contributed by atoms with Gasteiger partial charge in [-0.05, 0) is 68.1 Å². The van der Waals surface area contributed by atoms with Gasteiger partial charge in [0.25, 0.3) is 5.91 Å². The van der Waals surface area contributed by atoms with E-state index in [9.17, 15) is 4.79 Å². The number of carbonyl (C=O) groups is 1. The summed E-state index contributed by atoms with van der Waals surface area (Å²) in [5, 5.41) is 3.00. The molecule has 1 N–H and O–H groups in total. The van der Waals surface area contributed by atoms with Crippen molar-refractivity contribution in [3.63, 3.8) is 0 Å². The van der Waals surface area contributed by atoms with Crippen LogP contribution in [0.4, 0.5) is 0 Å². The summed E-state index contributed by atoms with van der Waals surface area (Å²) in [7, 11) is 1.62. The summed E-state index contributed by atoms with van der Waals surface area (Å²) in [6.45, 7) is 4.45. The van der Waals surface area contributed by atoms with E-state index in [0.717, 1.165) is 41.0 Å². The van der Waals surface area contributed by atoms with Crippen molar-refractivity contribution in [2.75, 3.05) is 7.11 Å². The second-order valence-electron chi connectivity index (χ2n) is 6.39. The van der Waals surface area contributed by atoms with E-state index in [1.807, 2.05) is 38.1 Å². The predicted molar refractivity (Wildman–Crippen MR) is 93.7 cm³/mol. The Labute approximate surface area is 142 Å². The van der Waals surface area contributed by atoms with Crippen LogP contribution in [0, 0.1) is 13.8 Å². The molecule has 1 aliphatic rings. The third-order valence-corrected chi connectivity index (χ3v) is 4.04. The van der Waals surface area contributed by atoms with Crippen LogP contribution in [0.2, 0.25) is 0 Å². The van der Waals surface area contributed by atoms with Crippen molar-refractivity contribution in [1.82, 2.24) is 5.32 Å². The first-order valence-corrected chi connectivity index (χ1v) is 8.24. The number of nitrogens with one attached hydrogen (secondary N) is 1. The van der Waals surface area contributed by atoms with Gasteiger partial charge in [-0.3, -0.25) is 4.79 Å². The van der Waals surface area contributed by atoms with E-state index < -0.39 is 0 Å². The Hall–Kier alpha value is -2.49. The highest BCUT2D eigenvalue weighted by molar-refractivity contribution is 5.95. The maximum absolute atomic E-state index is 12.2. The summed E-state index contributed by atoms with van der Waals surface area (Å²) in [4.78, 5) is 12.2. The maximum Gasteiger partial charge on any atom is 0.251 e. The van der Waals surface area contributed by atoms with Gasteiger partial charge in [-0.15, -0.1) is 0 Å². The second-order valence-corrected chi connectivity index (χ2v) is 6.39. The maximum atomic E-state index is 12.2. The summed E-state index contributed by atoms with van der Waals surface area (Å²) >= 11 is 0. The van der Waals surface area contributed by atoms with Crippen molar-refractivity contribution in [3.05, 3.63) is 58.7 Å². The van der Waals surface area contributed by atoms with E-state index in [1.165, 1.54) is 0 Å². The molecule has 1 saturated carbocycles. The van der Waals surface area contributed by atoms with Crippen LogP contribution in [0.1, 0.15) is 39.9 Å². The lowest BCUT2D eigenvalue weighted by molar-refractivity contribution is 0.0951. The zero-order valence-electron chi connectivity index (χ0n) is 14.4. The molecule has 126 valence electrons. The van der Waals surface area contributed by atoms with E-state index in [1.54, 1.807) is 13.2 Å². The van der Waals surface area contributed by atoms with Crippen LogP contribution < -0.4 is 14.8 Å². The van der Waals surface area contributed by atoms with Gasteiger partial charge < -0.3 is 14.8 Å². The van der Waals surface area contributed by atoms with Gasteiger partial charge in [0, 0.05) is 17.2 Å². The first-order valence-electron chi connectivity index (χ1n) is 8.24. The van der Waals surface area contributed by atoms with E-state index in [2.05, 4.69) is 11.4 Å². The molecule has 0 bridgehead atoms. The highest BCUT2D eigenvalue weighted by Crippen LogP contribution is 2.24. The first-order chi connectivity index (χ1) is 11.5. The standard InChI is InChI=1S/C20H23NO3/c1-13-8-14(2)10-18(9-13)24-12-16-11-15(4-7-19(16)23-3)20(22)21-17-5-6-17/h4,7-11,17H,5-6,12H2,1-3H3,(H,21,22). The summed E-state index contributed by atoms with van der Waals surface area (Å²) in [5.74, 6) is 1.51. The van der Waals surface area contributed by atoms with Crippen LogP contribution in [-0.2, 0) is 6.61 Å². The lowest BCUT2D eigenvalue weighted by Crippen LogP contribution is -2.25. The van der Waals surface area contributed by atoms with Crippen LogP contribution >= 0.6 is 0 Å². The fourth-order valence-electron chi connectivity index (χ4n) is 2.71. The molecule has 0 saturated heterocycles. The molecule has 4 heteroatoms. The Morgan fingerprint density at radius 2 is 1.83 bits per heavy atom. The molecule has 1 aliphatic carbocycles. The molecule has 24 heavy (non-hydrogen) atoms. The molecule has 4 nitrogen and oxygen atoms in total. The lowest BCUT2D eigenvalue weighted by Gasteiger charge is -2.13. The molecule has 1 fully saturated rings. The molecule has 0 radical (unpaired) electrons. The number of methoxy groups -OCH3 is 1. The van der Waals surface area contributed by atoms with Gasteiger partial charge in [-0.25, -0.2) is 0 Å². The van der Waals surface area contributed by atoms with Gasteiger partial charge >= 0.3 is 0 Å². The molecule has 0 aliphatic heterocycles. The number of ether oxygens (including phenoxy) is 2. The fourth-order valence-corrected chi connectivity index (χ4v) is 2.71. The predicted octanol–water partition coefficient (Wildman–Crippen LogP) is 3.78. The highest BCUT2D eigenvalue weighted by atomic mass is 16.5. The van der Waals surface area contributed by atoms with Gasteiger partial charge in [0.1, 0.15) is 18.1 Å². The topological polar surface area (TPSA) is 47.6 Å². The number of carbonyl (C=O) groups excluding carboxylic acids is 1. The van der Waals surface area contributed by atoms with E-state index in [0.29, 0.717) is 18.2 Å². The normalized spacial score (nSPS) is 13.5. The summed E-state index contributed by atoms with van der Waals surface area (Å²) in [6, 6.07) is 11.9. The Bertz CT molecular complexity index is 730. The summed E-state index contributed by atoms with van der Waals surface area (Å²) < 4.78 is 11.3. The minimum Gasteiger partial charge on any atom is -0.496 e. The zero-order valence-corrected chi connectivity index (χ0v) is 14.4. The van der Waals surface area contributed by atoms with Gasteiger partial charge in [-0.2, -0.15) is 0 Å². The van der Waals surface area contributed by atoms with Gasteiger partial charge in [0.2, 0.25) is 0 Å². The van der Waals surface area contributed by atoms with Crippen LogP contribution in [0.15, 0.2) is 36.4 Å². The van der Waals surface area contributed by atoms with Gasteiger partial charge in [0.05, 0.1) is 7.11 Å². The van der Waals surface area contributed by atoms with Crippen molar-refractivity contribution < 1.29 is 14.3 Å². The lowest BCUT2D eigenvalue weighted by atomic mass is 10.1. The molecule has 1 amide bonds. The van der Waals surface area contributed by atoms with Crippen molar-refractivity contribution in [2.45, 2.75) is 39.3 Å². The molecule has 2 aromatic rings. The Morgan fingerprint density at radius 1 is 1.12 bits per heavy atom. The number of benzene rings is 2. The van der Waals surface area contributed by atoms with E-state index >= 15 is 0 Å². The molecule has 3 rings (SSSR count). The third-order valence-electron chi connectivity index (χ3n) is 4.04. The van der Waals surface area contributed by atoms with Crippen LogP contribution in [-0.4, -0.2) is 19.1 Å². The Balaban J connectivity index is 1.75. The number of aryl methyl sites for hydroxylation is 2. The Morgan fingerprint density at radius 3 is 2.46 bits per heavy atom. The van der Waals surface area contributed by atoms with Gasteiger partial charge in [0.15, 0.2) is 0 Å². The van der Waals surface area contributed by atoms with Gasteiger partial charge in [-0.1, -0.05) is 6.07 Å². The molecular formula is C20H23NO3. The third kappa shape index (κ3) is 4.07. The molecule has 0 atom stereocenters. The largest absolute Gasteiger partial charge is 0.496 e. The zero-order chi connectivity index (χ0) is 17.1. The van der Waals surface area contributed by atoms with Crippen LogP contribution in [0.3, 0.4) is 0 Å². The highest BCUT2D eigenvalue weighted by Gasteiger charge is 2.24. The molecule has 2 aromatic carbocycles. The van der Waals surface area contributed by atoms with Crippen molar-refractivity contribution in [2.24, 2.45) is 0 Å². The number of rotatable bonds is 6. The fraction of sp³-hybridized carbons (Fsp3) is 0.350. The molecule has 0 aromatic heterocycles. The van der Waals surface area contributed by atoms with Crippen LogP contribution in [0.5, 0.6) is 11.5 Å². The van der Waals surface area contributed by atoms with Crippen molar-refractivity contribution in [3.8, 4) is 11.5 Å². The quantitative estimate of drug-likeness (QED) is 0.879. The van der Waals surface area contributed by atoms with Crippen molar-refractivity contribution >= 4 is 5.91 Å². The first kappa shape index (κ1) is 16.4. The van der Waals surface area contributed by atoms with Crippen molar-refractivity contribution in [1.29, 1.82) is 0 Å². The average Bonchev–Trinajstić information content (AvgIpc) is 3.35. The molecule has 0 heterocycles. The minimum absolute atomic E-state index is 0.0344. The SMILES string of the molecule is COc1ccc(C(=O)NC2CC2)cc1COc1cc(C)cc(C)c1. The Kier molecular flexibility index (Phi) is 4.74. The minimum atomic E-state index is -0.0344. The second kappa shape index (κ2) is 6.95. The van der Waals surface area contributed by atoms with Crippen LogP contribution in [0.25, 0.3) is 0 Å². The molecule has 0 spiro atoms. The monoisotopic (exact) mass is 325 g/mol. The molecular weight excluding hydrogens is 302 g/mol. The summed E-state index contributed by atoms with van der Waals surface area (Å²) in [5.41, 5.74) is 3.82. The smallest absolute Gasteiger partial charge is 0.251 e. The van der Waals surface area contributed by atoms with E-state index in [4.69, 9.17) is 9.47 Å². The molecule has 0 unspecified atom stereocenters. The summed E-state index contributed by atoms with van der Waals surface area (Å²) in [6.07, 6.45) is 2.15. The number of hydrogen-bond donors (Lipinski definition) is 1. The average molecular weight is 325 g/mol. The number of hydrogen-bond acceptors (Lipinski definition) is 3. The number of amides is 1. The van der Waals surface area contributed by atoms with E-state index in [-0.39, 0.29) is 5.91 Å².